The molecule has 2 atom stereocenters. The zero-order valence-corrected chi connectivity index (χ0v) is 10.6. The van der Waals surface area contributed by atoms with Gasteiger partial charge < -0.3 is 10.2 Å². The maximum atomic E-state index is 12.2. The van der Waals surface area contributed by atoms with Crippen LogP contribution in [0.1, 0.15) is 18.7 Å². The molecule has 0 spiro atoms. The number of carbonyl (C=O) groups excluding carboxylic acids is 1. The Balaban J connectivity index is 2.02. The fourth-order valence-corrected chi connectivity index (χ4v) is 2.97. The lowest BCUT2D eigenvalue weighted by atomic mass is 10.1. The van der Waals surface area contributed by atoms with Gasteiger partial charge in [0.15, 0.2) is 0 Å². The number of hydrogen-bond donors (Lipinski definition) is 1. The zero-order chi connectivity index (χ0) is 11.5. The van der Waals surface area contributed by atoms with Gasteiger partial charge in [0, 0.05) is 30.1 Å². The molecule has 0 saturated carbocycles. The fraction of sp³-hybridized carbons (Fsp3) is 0.583. The number of piperazine rings is 1. The van der Waals surface area contributed by atoms with E-state index in [1.807, 2.05) is 22.4 Å². The Bertz CT molecular complexity index is 340. The SMILES string of the molecule is CC1CNCC(C)N1C(=O)Cc1cccs1. The fourth-order valence-electron chi connectivity index (χ4n) is 2.28. The summed E-state index contributed by atoms with van der Waals surface area (Å²) in [4.78, 5) is 15.4. The van der Waals surface area contributed by atoms with E-state index < -0.39 is 0 Å². The molecule has 88 valence electrons. The lowest BCUT2D eigenvalue weighted by Crippen LogP contribution is -2.57. The topological polar surface area (TPSA) is 32.3 Å². The second-order valence-corrected chi connectivity index (χ2v) is 5.45. The number of nitrogens with zero attached hydrogens (tertiary/aromatic N) is 1. The van der Waals surface area contributed by atoms with E-state index in [2.05, 4.69) is 19.2 Å². The first-order valence-electron chi connectivity index (χ1n) is 5.72. The van der Waals surface area contributed by atoms with Crippen molar-refractivity contribution < 1.29 is 4.79 Å². The molecule has 0 bridgehead atoms. The Labute approximate surface area is 100 Å². The molecule has 0 radical (unpaired) electrons. The molecule has 2 rings (SSSR count). The molecule has 1 saturated heterocycles. The number of carbonyl (C=O) groups is 1. The predicted molar refractivity (Wildman–Crippen MR) is 66.7 cm³/mol. The van der Waals surface area contributed by atoms with Gasteiger partial charge in [-0.05, 0) is 25.3 Å². The molecule has 0 aromatic carbocycles. The van der Waals surface area contributed by atoms with Crippen molar-refractivity contribution in [3.8, 4) is 0 Å². The molecule has 16 heavy (non-hydrogen) atoms. The van der Waals surface area contributed by atoms with Gasteiger partial charge in [0.25, 0.3) is 0 Å². The normalized spacial score (nSPS) is 25.8. The average molecular weight is 238 g/mol. The minimum absolute atomic E-state index is 0.254. The standard InChI is InChI=1S/C12H18N2OS/c1-9-7-13-8-10(2)14(9)12(15)6-11-4-3-5-16-11/h3-5,9-10,13H,6-8H2,1-2H3. The van der Waals surface area contributed by atoms with Crippen molar-refractivity contribution in [2.45, 2.75) is 32.4 Å². The first kappa shape index (κ1) is 11.6. The molecule has 1 amide bonds. The van der Waals surface area contributed by atoms with Gasteiger partial charge in [0.2, 0.25) is 5.91 Å². The lowest BCUT2D eigenvalue weighted by molar-refractivity contribution is -0.135. The highest BCUT2D eigenvalue weighted by molar-refractivity contribution is 7.10. The summed E-state index contributed by atoms with van der Waals surface area (Å²) in [6.45, 7) is 6.02. The number of hydrogen-bond acceptors (Lipinski definition) is 3. The minimum Gasteiger partial charge on any atom is -0.334 e. The van der Waals surface area contributed by atoms with E-state index in [1.54, 1.807) is 11.3 Å². The summed E-state index contributed by atoms with van der Waals surface area (Å²) in [5, 5.41) is 5.36. The highest BCUT2D eigenvalue weighted by atomic mass is 32.1. The van der Waals surface area contributed by atoms with E-state index in [4.69, 9.17) is 0 Å². The molecule has 0 aliphatic carbocycles. The quantitative estimate of drug-likeness (QED) is 0.847. The molecule has 2 unspecified atom stereocenters. The van der Waals surface area contributed by atoms with Gasteiger partial charge >= 0.3 is 0 Å². The van der Waals surface area contributed by atoms with Crippen LogP contribution >= 0.6 is 11.3 Å². The number of rotatable bonds is 2. The maximum absolute atomic E-state index is 12.2. The third kappa shape index (κ3) is 2.44. The Hall–Kier alpha value is -0.870. The number of amides is 1. The van der Waals surface area contributed by atoms with Crippen molar-refractivity contribution in [1.82, 2.24) is 10.2 Å². The molecule has 1 aliphatic heterocycles. The smallest absolute Gasteiger partial charge is 0.228 e. The van der Waals surface area contributed by atoms with Crippen LogP contribution in [0.15, 0.2) is 17.5 Å². The summed E-state index contributed by atoms with van der Waals surface area (Å²) in [5.41, 5.74) is 0. The molecule has 4 heteroatoms. The molecule has 1 aliphatic rings. The van der Waals surface area contributed by atoms with E-state index in [0.29, 0.717) is 18.5 Å². The minimum atomic E-state index is 0.254. The van der Waals surface area contributed by atoms with Gasteiger partial charge in [-0.25, -0.2) is 0 Å². The summed E-state index contributed by atoms with van der Waals surface area (Å²) < 4.78 is 0. The van der Waals surface area contributed by atoms with E-state index in [0.717, 1.165) is 18.0 Å². The van der Waals surface area contributed by atoms with Gasteiger partial charge in [-0.15, -0.1) is 11.3 Å². The summed E-state index contributed by atoms with van der Waals surface area (Å²) in [6, 6.07) is 4.63. The van der Waals surface area contributed by atoms with Gasteiger partial charge in [0.05, 0.1) is 6.42 Å². The predicted octanol–water partition coefficient (Wildman–Crippen LogP) is 1.50. The molecule has 2 heterocycles. The molecular formula is C12H18N2OS. The van der Waals surface area contributed by atoms with Crippen LogP contribution in [0.4, 0.5) is 0 Å². The van der Waals surface area contributed by atoms with Crippen LogP contribution in [-0.4, -0.2) is 36.0 Å². The second-order valence-electron chi connectivity index (χ2n) is 4.41. The third-order valence-corrected chi connectivity index (χ3v) is 3.90. The zero-order valence-electron chi connectivity index (χ0n) is 9.77. The number of thiophene rings is 1. The van der Waals surface area contributed by atoms with Crippen LogP contribution in [0, 0.1) is 0 Å². The van der Waals surface area contributed by atoms with Crippen molar-refractivity contribution in [1.29, 1.82) is 0 Å². The van der Waals surface area contributed by atoms with E-state index in [-0.39, 0.29) is 5.91 Å². The summed E-state index contributed by atoms with van der Waals surface area (Å²) in [6.07, 6.45) is 0.548. The van der Waals surface area contributed by atoms with Crippen LogP contribution in [0.3, 0.4) is 0 Å². The second kappa shape index (κ2) is 4.97. The van der Waals surface area contributed by atoms with E-state index in [9.17, 15) is 4.79 Å². The highest BCUT2D eigenvalue weighted by Crippen LogP contribution is 2.15. The summed E-state index contributed by atoms with van der Waals surface area (Å²) >= 11 is 1.65. The van der Waals surface area contributed by atoms with Crippen molar-refractivity contribution in [3.63, 3.8) is 0 Å². The molecule has 1 aromatic heterocycles. The lowest BCUT2D eigenvalue weighted by Gasteiger charge is -2.39. The van der Waals surface area contributed by atoms with E-state index in [1.165, 1.54) is 0 Å². The van der Waals surface area contributed by atoms with Crippen LogP contribution in [0.25, 0.3) is 0 Å². The van der Waals surface area contributed by atoms with Gasteiger partial charge in [-0.2, -0.15) is 0 Å². The molecule has 1 aromatic rings. The van der Waals surface area contributed by atoms with Gasteiger partial charge in [-0.3, -0.25) is 4.79 Å². The van der Waals surface area contributed by atoms with Crippen molar-refractivity contribution in [2.24, 2.45) is 0 Å². The summed E-state index contributed by atoms with van der Waals surface area (Å²) in [7, 11) is 0. The average Bonchev–Trinajstić information content (AvgIpc) is 2.70. The Morgan fingerprint density at radius 3 is 2.75 bits per heavy atom. The third-order valence-electron chi connectivity index (χ3n) is 3.02. The van der Waals surface area contributed by atoms with Crippen molar-refractivity contribution in [2.75, 3.05) is 13.1 Å². The molecule has 1 fully saturated rings. The highest BCUT2D eigenvalue weighted by Gasteiger charge is 2.28. The molecule has 1 N–H and O–H groups in total. The van der Waals surface area contributed by atoms with E-state index >= 15 is 0 Å². The van der Waals surface area contributed by atoms with Crippen LogP contribution in [0.2, 0.25) is 0 Å². The van der Waals surface area contributed by atoms with Crippen LogP contribution in [-0.2, 0) is 11.2 Å². The Morgan fingerprint density at radius 2 is 2.19 bits per heavy atom. The van der Waals surface area contributed by atoms with Crippen LogP contribution < -0.4 is 5.32 Å². The first-order valence-corrected chi connectivity index (χ1v) is 6.60. The largest absolute Gasteiger partial charge is 0.334 e. The Kier molecular flexibility index (Phi) is 3.61. The van der Waals surface area contributed by atoms with Crippen LogP contribution in [0.5, 0.6) is 0 Å². The summed E-state index contributed by atoms with van der Waals surface area (Å²) in [5.74, 6) is 0.254. The molecule has 3 nitrogen and oxygen atoms in total. The van der Waals surface area contributed by atoms with Gasteiger partial charge in [0.1, 0.15) is 0 Å². The number of nitrogens with one attached hydrogen (secondary N) is 1. The van der Waals surface area contributed by atoms with Crippen molar-refractivity contribution in [3.05, 3.63) is 22.4 Å². The maximum Gasteiger partial charge on any atom is 0.228 e. The monoisotopic (exact) mass is 238 g/mol. The molecular weight excluding hydrogens is 220 g/mol. The first-order chi connectivity index (χ1) is 7.68. The van der Waals surface area contributed by atoms with Crippen molar-refractivity contribution >= 4 is 17.2 Å². The Morgan fingerprint density at radius 1 is 1.50 bits per heavy atom. The van der Waals surface area contributed by atoms with Gasteiger partial charge in [-0.1, -0.05) is 6.07 Å².